The molecule has 0 aliphatic carbocycles. The van der Waals surface area contributed by atoms with E-state index in [9.17, 15) is 9.59 Å². The van der Waals surface area contributed by atoms with E-state index in [0.29, 0.717) is 36.5 Å². The van der Waals surface area contributed by atoms with Crippen molar-refractivity contribution in [3.8, 4) is 17.1 Å². The Morgan fingerprint density at radius 1 is 1.31 bits per heavy atom. The number of hydrogen-bond donors (Lipinski definition) is 1. The molecule has 0 radical (unpaired) electrons. The lowest BCUT2D eigenvalue weighted by Gasteiger charge is -2.38. The minimum Gasteiger partial charge on any atom is -0.491 e. The van der Waals surface area contributed by atoms with Crippen LogP contribution in [0.1, 0.15) is 50.5 Å². The number of pyridine rings is 1. The molecular formula is C24H29N3O5. The van der Waals surface area contributed by atoms with E-state index in [1.54, 1.807) is 13.1 Å². The zero-order valence-electron chi connectivity index (χ0n) is 18.9. The summed E-state index contributed by atoms with van der Waals surface area (Å²) < 4.78 is 14.9. The molecule has 1 unspecified atom stereocenters. The first kappa shape index (κ1) is 22.1. The molecule has 1 aromatic carbocycles. The van der Waals surface area contributed by atoms with Crippen molar-refractivity contribution in [2.75, 3.05) is 19.8 Å². The van der Waals surface area contributed by atoms with Crippen LogP contribution >= 0.6 is 0 Å². The summed E-state index contributed by atoms with van der Waals surface area (Å²) in [7, 11) is 0. The number of rotatable bonds is 6. The van der Waals surface area contributed by atoms with Gasteiger partial charge in [-0.1, -0.05) is 32.9 Å². The van der Waals surface area contributed by atoms with Gasteiger partial charge in [-0.15, -0.1) is 0 Å². The van der Waals surface area contributed by atoms with E-state index in [4.69, 9.17) is 19.7 Å². The summed E-state index contributed by atoms with van der Waals surface area (Å²) >= 11 is 0. The Morgan fingerprint density at radius 3 is 2.78 bits per heavy atom. The van der Waals surface area contributed by atoms with Crippen molar-refractivity contribution in [3.63, 3.8) is 0 Å². The molecular weight excluding hydrogens is 410 g/mol. The molecule has 4 rings (SSSR count). The van der Waals surface area contributed by atoms with Gasteiger partial charge < -0.3 is 19.1 Å². The fourth-order valence-corrected chi connectivity index (χ4v) is 4.19. The molecule has 3 heterocycles. The summed E-state index contributed by atoms with van der Waals surface area (Å²) in [6.45, 7) is 9.34. The number of aliphatic hydroxyl groups excluding tert-OH is 1. The normalized spacial score (nSPS) is 15.3. The number of carbonyl (C=O) groups excluding carboxylic acids is 1. The van der Waals surface area contributed by atoms with E-state index in [1.807, 2.05) is 27.4 Å². The van der Waals surface area contributed by atoms with Gasteiger partial charge in [0.05, 0.1) is 37.2 Å². The van der Waals surface area contributed by atoms with E-state index in [-0.39, 0.29) is 35.7 Å². The van der Waals surface area contributed by atoms with Gasteiger partial charge in [0.2, 0.25) is 0 Å². The van der Waals surface area contributed by atoms with Gasteiger partial charge in [0.1, 0.15) is 16.8 Å². The van der Waals surface area contributed by atoms with Crippen molar-refractivity contribution in [2.24, 2.45) is 5.41 Å². The molecule has 32 heavy (non-hydrogen) atoms. The van der Waals surface area contributed by atoms with Crippen LogP contribution in [0.5, 0.6) is 5.75 Å². The monoisotopic (exact) mass is 439 g/mol. The summed E-state index contributed by atoms with van der Waals surface area (Å²) in [6.07, 6.45) is 2.17. The van der Waals surface area contributed by atoms with E-state index in [1.165, 1.54) is 6.07 Å². The lowest BCUT2D eigenvalue weighted by molar-refractivity contribution is 0.0522. The number of fused-ring (bicyclic) bond motifs is 5. The van der Waals surface area contributed by atoms with Crippen molar-refractivity contribution in [1.82, 2.24) is 14.3 Å². The molecule has 0 spiro atoms. The standard InChI is InChI=1S/C24H29N3O5/c1-5-31-23(30)16-13-26-17(12-18(16)29)22-15-8-6-9-19(32-11-7-10-28)21(15)25-27(22)14-20(26)24(2,3)4/h6,8-9,12-13,20,28H,5,7,10-11,14H2,1-4H3. The second-order valence-corrected chi connectivity index (χ2v) is 9.05. The molecule has 2 aromatic heterocycles. The molecule has 1 N–H and O–H groups in total. The summed E-state index contributed by atoms with van der Waals surface area (Å²) in [5, 5.41) is 14.8. The zero-order valence-corrected chi connectivity index (χ0v) is 18.9. The predicted molar refractivity (Wildman–Crippen MR) is 121 cm³/mol. The average molecular weight is 440 g/mol. The molecule has 0 saturated carbocycles. The Balaban J connectivity index is 1.93. The highest BCUT2D eigenvalue weighted by atomic mass is 16.5. The quantitative estimate of drug-likeness (QED) is 0.467. The highest BCUT2D eigenvalue weighted by Gasteiger charge is 2.35. The molecule has 0 amide bonds. The molecule has 0 saturated heterocycles. The summed E-state index contributed by atoms with van der Waals surface area (Å²) in [4.78, 5) is 25.3. The van der Waals surface area contributed by atoms with Crippen LogP contribution in [0.3, 0.4) is 0 Å². The fraction of sp³-hybridized carbons (Fsp3) is 0.458. The fourth-order valence-electron chi connectivity index (χ4n) is 4.19. The summed E-state index contributed by atoms with van der Waals surface area (Å²) in [5.74, 6) is 0.0335. The number of ether oxygens (including phenoxy) is 2. The van der Waals surface area contributed by atoms with E-state index >= 15 is 0 Å². The Kier molecular flexibility index (Phi) is 5.81. The van der Waals surface area contributed by atoms with Crippen molar-refractivity contribution < 1.29 is 19.4 Å². The largest absolute Gasteiger partial charge is 0.491 e. The number of nitrogens with zero attached hydrogens (tertiary/aromatic N) is 3. The number of benzene rings is 1. The zero-order chi connectivity index (χ0) is 23.0. The molecule has 1 atom stereocenters. The number of hydrogen-bond acceptors (Lipinski definition) is 6. The van der Waals surface area contributed by atoms with Crippen molar-refractivity contribution >= 4 is 16.9 Å². The van der Waals surface area contributed by atoms with Gasteiger partial charge in [0, 0.05) is 30.7 Å². The van der Waals surface area contributed by atoms with Gasteiger partial charge in [-0.2, -0.15) is 5.10 Å². The molecule has 3 aromatic rings. The van der Waals surface area contributed by atoms with Gasteiger partial charge in [-0.25, -0.2) is 4.79 Å². The predicted octanol–water partition coefficient (Wildman–Crippen LogP) is 3.40. The van der Waals surface area contributed by atoms with E-state index in [0.717, 1.165) is 11.1 Å². The van der Waals surface area contributed by atoms with Crippen LogP contribution in [0.2, 0.25) is 0 Å². The van der Waals surface area contributed by atoms with Crippen molar-refractivity contribution in [1.29, 1.82) is 0 Å². The van der Waals surface area contributed by atoms with Crippen molar-refractivity contribution in [2.45, 2.75) is 46.7 Å². The third-order valence-corrected chi connectivity index (χ3v) is 5.79. The maximum absolute atomic E-state index is 12.9. The smallest absolute Gasteiger partial charge is 0.343 e. The minimum absolute atomic E-state index is 0.0353. The molecule has 8 nitrogen and oxygen atoms in total. The number of aromatic nitrogens is 3. The lowest BCUT2D eigenvalue weighted by atomic mass is 9.85. The van der Waals surface area contributed by atoms with Gasteiger partial charge in [0.25, 0.3) is 0 Å². The molecule has 1 aliphatic rings. The van der Waals surface area contributed by atoms with Gasteiger partial charge >= 0.3 is 5.97 Å². The second kappa shape index (κ2) is 8.43. The van der Waals surface area contributed by atoms with Crippen LogP contribution in [-0.4, -0.2) is 45.2 Å². The van der Waals surface area contributed by atoms with Crippen LogP contribution in [0.25, 0.3) is 22.3 Å². The Bertz CT molecular complexity index is 1220. The number of esters is 1. The first-order valence-electron chi connectivity index (χ1n) is 10.9. The SMILES string of the molecule is CCOC(=O)c1cn2c(cc1=O)-c1c3cccc(OCCCO)c3nn1CC2C(C)(C)C. The molecule has 8 heteroatoms. The van der Waals surface area contributed by atoms with E-state index in [2.05, 4.69) is 20.8 Å². The van der Waals surface area contributed by atoms with Gasteiger partial charge in [-0.05, 0) is 18.4 Å². The molecule has 170 valence electrons. The minimum atomic E-state index is -0.607. The average Bonchev–Trinajstić information content (AvgIpc) is 3.12. The topological polar surface area (TPSA) is 95.6 Å². The van der Waals surface area contributed by atoms with Crippen molar-refractivity contribution in [3.05, 3.63) is 46.2 Å². The second-order valence-electron chi connectivity index (χ2n) is 9.05. The third kappa shape index (κ3) is 3.79. The molecule has 0 bridgehead atoms. The first-order valence-corrected chi connectivity index (χ1v) is 10.9. The Labute approximate surface area is 186 Å². The maximum atomic E-state index is 12.9. The highest BCUT2D eigenvalue weighted by Crippen LogP contribution is 2.43. The third-order valence-electron chi connectivity index (χ3n) is 5.79. The van der Waals surface area contributed by atoms with Gasteiger partial charge in [-0.3, -0.25) is 9.48 Å². The molecule has 1 aliphatic heterocycles. The Hall–Kier alpha value is -3.13. The lowest BCUT2D eigenvalue weighted by Crippen LogP contribution is -2.35. The summed E-state index contributed by atoms with van der Waals surface area (Å²) in [5.41, 5.74) is 1.75. The van der Waals surface area contributed by atoms with Crippen LogP contribution in [0, 0.1) is 5.41 Å². The van der Waals surface area contributed by atoms with Crippen LogP contribution in [0.15, 0.2) is 35.3 Å². The first-order chi connectivity index (χ1) is 15.3. The van der Waals surface area contributed by atoms with Crippen LogP contribution in [0.4, 0.5) is 0 Å². The number of aliphatic hydroxyl groups is 1. The van der Waals surface area contributed by atoms with Crippen LogP contribution in [-0.2, 0) is 11.3 Å². The Morgan fingerprint density at radius 2 is 2.09 bits per heavy atom. The maximum Gasteiger partial charge on any atom is 0.343 e. The molecule has 0 fully saturated rings. The van der Waals surface area contributed by atoms with Crippen LogP contribution < -0.4 is 10.2 Å². The summed E-state index contributed by atoms with van der Waals surface area (Å²) in [6, 6.07) is 7.18. The highest BCUT2D eigenvalue weighted by molar-refractivity contribution is 5.97. The van der Waals surface area contributed by atoms with E-state index < -0.39 is 5.97 Å². The van der Waals surface area contributed by atoms with Gasteiger partial charge in [0.15, 0.2) is 5.43 Å². The number of carbonyl (C=O) groups is 1.